The van der Waals surface area contributed by atoms with Gasteiger partial charge in [0.05, 0.1) is 4.92 Å². The van der Waals surface area contributed by atoms with E-state index in [1.165, 1.54) is 12.3 Å². The molecule has 0 amide bonds. The van der Waals surface area contributed by atoms with Gasteiger partial charge in [0, 0.05) is 30.1 Å². The summed E-state index contributed by atoms with van der Waals surface area (Å²) in [6.07, 6.45) is 1.92. The Labute approximate surface area is 91.4 Å². The molecule has 0 aliphatic carbocycles. The van der Waals surface area contributed by atoms with Gasteiger partial charge in [-0.1, -0.05) is 11.8 Å². The standard InChI is InChI=1S/C9H8ClN3O2/c10-4-2-1-3-7-5-8(13(14)15)9(11)12-6-7/h5-6H,2,4H2,(H2,11,12). The number of nitrogens with zero attached hydrogens (tertiary/aromatic N) is 2. The lowest BCUT2D eigenvalue weighted by Crippen LogP contribution is -1.98. The molecule has 0 unspecified atom stereocenters. The van der Waals surface area contributed by atoms with E-state index < -0.39 is 4.92 Å². The monoisotopic (exact) mass is 225 g/mol. The van der Waals surface area contributed by atoms with Crippen molar-refractivity contribution in [1.29, 1.82) is 0 Å². The summed E-state index contributed by atoms with van der Waals surface area (Å²) < 4.78 is 0. The van der Waals surface area contributed by atoms with E-state index in [4.69, 9.17) is 17.3 Å². The van der Waals surface area contributed by atoms with Crippen LogP contribution in [0.15, 0.2) is 12.3 Å². The zero-order valence-corrected chi connectivity index (χ0v) is 8.49. The van der Waals surface area contributed by atoms with Crippen molar-refractivity contribution in [2.24, 2.45) is 0 Å². The van der Waals surface area contributed by atoms with E-state index in [1.54, 1.807) is 0 Å². The van der Waals surface area contributed by atoms with Gasteiger partial charge in [0.1, 0.15) is 0 Å². The summed E-state index contributed by atoms with van der Waals surface area (Å²) in [4.78, 5) is 13.6. The largest absolute Gasteiger partial charge is 0.378 e. The van der Waals surface area contributed by atoms with Crippen molar-refractivity contribution in [3.63, 3.8) is 0 Å². The van der Waals surface area contributed by atoms with E-state index in [9.17, 15) is 10.1 Å². The molecular weight excluding hydrogens is 218 g/mol. The van der Waals surface area contributed by atoms with Crippen LogP contribution in [0.25, 0.3) is 0 Å². The molecule has 0 atom stereocenters. The van der Waals surface area contributed by atoms with Gasteiger partial charge in [-0.05, 0) is 0 Å². The van der Waals surface area contributed by atoms with Crippen molar-refractivity contribution in [3.8, 4) is 11.8 Å². The minimum absolute atomic E-state index is 0.108. The highest BCUT2D eigenvalue weighted by molar-refractivity contribution is 6.18. The van der Waals surface area contributed by atoms with E-state index in [0.29, 0.717) is 17.9 Å². The number of pyridine rings is 1. The zero-order chi connectivity index (χ0) is 11.3. The van der Waals surface area contributed by atoms with Crippen LogP contribution in [0.1, 0.15) is 12.0 Å². The van der Waals surface area contributed by atoms with Crippen molar-refractivity contribution in [2.75, 3.05) is 11.6 Å². The summed E-state index contributed by atoms with van der Waals surface area (Å²) in [7, 11) is 0. The van der Waals surface area contributed by atoms with Crippen LogP contribution in [-0.4, -0.2) is 15.8 Å². The first-order valence-corrected chi connectivity index (χ1v) is 4.63. The Hall–Kier alpha value is -1.80. The molecule has 0 aromatic carbocycles. The SMILES string of the molecule is Nc1ncc(C#CCCCl)cc1[N+](=O)[O-]. The fourth-order valence-electron chi connectivity index (χ4n) is 0.890. The van der Waals surface area contributed by atoms with Gasteiger partial charge >= 0.3 is 5.69 Å². The molecule has 1 heterocycles. The number of aromatic nitrogens is 1. The van der Waals surface area contributed by atoms with Gasteiger partial charge < -0.3 is 5.73 Å². The summed E-state index contributed by atoms with van der Waals surface area (Å²) >= 11 is 5.43. The number of hydrogen-bond donors (Lipinski definition) is 1. The molecule has 0 bridgehead atoms. The maximum Gasteiger partial charge on any atom is 0.312 e. The van der Waals surface area contributed by atoms with Crippen LogP contribution in [0.4, 0.5) is 11.5 Å². The second-order valence-electron chi connectivity index (χ2n) is 2.63. The first-order valence-electron chi connectivity index (χ1n) is 4.10. The van der Waals surface area contributed by atoms with Gasteiger partial charge in [-0.2, -0.15) is 0 Å². The van der Waals surface area contributed by atoms with Crippen molar-refractivity contribution < 1.29 is 4.92 Å². The topological polar surface area (TPSA) is 82.0 Å². The molecule has 0 spiro atoms. The predicted molar refractivity (Wildman–Crippen MR) is 57.5 cm³/mol. The van der Waals surface area contributed by atoms with Crippen molar-refractivity contribution in [1.82, 2.24) is 4.98 Å². The molecule has 15 heavy (non-hydrogen) atoms. The van der Waals surface area contributed by atoms with Gasteiger partial charge in [-0.3, -0.25) is 10.1 Å². The minimum atomic E-state index is -0.588. The number of nitrogens with two attached hydrogens (primary N) is 1. The minimum Gasteiger partial charge on any atom is -0.378 e. The Balaban J connectivity index is 2.99. The third-order valence-corrected chi connectivity index (χ3v) is 1.74. The lowest BCUT2D eigenvalue weighted by Gasteiger charge is -1.95. The van der Waals surface area contributed by atoms with Crippen LogP contribution in [0.3, 0.4) is 0 Å². The van der Waals surface area contributed by atoms with Crippen LogP contribution < -0.4 is 5.73 Å². The lowest BCUT2D eigenvalue weighted by atomic mass is 10.2. The highest BCUT2D eigenvalue weighted by Gasteiger charge is 2.12. The highest BCUT2D eigenvalue weighted by Crippen LogP contribution is 2.18. The number of alkyl halides is 1. The number of anilines is 1. The maximum absolute atomic E-state index is 10.5. The molecule has 1 aromatic rings. The molecule has 2 N–H and O–H groups in total. The third-order valence-electron chi connectivity index (χ3n) is 1.55. The first-order chi connectivity index (χ1) is 7.15. The molecule has 0 fully saturated rings. The van der Waals surface area contributed by atoms with Crippen molar-refractivity contribution in [3.05, 3.63) is 27.9 Å². The average Bonchev–Trinajstić information content (AvgIpc) is 2.20. The smallest absolute Gasteiger partial charge is 0.312 e. The number of nitrogen functional groups attached to an aromatic ring is 1. The van der Waals surface area contributed by atoms with Crippen LogP contribution in [0, 0.1) is 22.0 Å². The van der Waals surface area contributed by atoms with Gasteiger partial charge in [-0.15, -0.1) is 11.6 Å². The number of halogens is 1. The van der Waals surface area contributed by atoms with Gasteiger partial charge in [0.25, 0.3) is 0 Å². The molecule has 6 heteroatoms. The molecule has 1 rings (SSSR count). The molecule has 0 aliphatic rings. The van der Waals surface area contributed by atoms with Gasteiger partial charge in [0.2, 0.25) is 5.82 Å². The Morgan fingerprint density at radius 1 is 1.67 bits per heavy atom. The van der Waals surface area contributed by atoms with Gasteiger partial charge in [-0.25, -0.2) is 4.98 Å². The molecule has 0 saturated carbocycles. The van der Waals surface area contributed by atoms with E-state index in [1.807, 2.05) is 0 Å². The van der Waals surface area contributed by atoms with Crippen LogP contribution in [0.2, 0.25) is 0 Å². The Morgan fingerprint density at radius 2 is 2.40 bits per heavy atom. The zero-order valence-electron chi connectivity index (χ0n) is 7.74. The first kappa shape index (κ1) is 11.3. The van der Waals surface area contributed by atoms with E-state index >= 15 is 0 Å². The Bertz CT molecular complexity index is 437. The molecule has 5 nitrogen and oxygen atoms in total. The summed E-state index contributed by atoms with van der Waals surface area (Å²) in [6, 6.07) is 1.30. The Kier molecular flexibility index (Phi) is 3.89. The quantitative estimate of drug-likeness (QED) is 0.358. The second-order valence-corrected chi connectivity index (χ2v) is 3.00. The molecular formula is C9H8ClN3O2. The fraction of sp³-hybridized carbons (Fsp3) is 0.222. The molecule has 0 radical (unpaired) electrons. The van der Waals surface area contributed by atoms with Crippen LogP contribution in [-0.2, 0) is 0 Å². The van der Waals surface area contributed by atoms with Crippen molar-refractivity contribution in [2.45, 2.75) is 6.42 Å². The highest BCUT2D eigenvalue weighted by atomic mass is 35.5. The number of nitro groups is 1. The third kappa shape index (κ3) is 3.11. The predicted octanol–water partition coefficient (Wildman–Crippen LogP) is 1.55. The molecule has 0 aliphatic heterocycles. The second kappa shape index (κ2) is 5.17. The number of rotatable bonds is 2. The molecule has 1 aromatic heterocycles. The van der Waals surface area contributed by atoms with Crippen molar-refractivity contribution >= 4 is 23.1 Å². The normalized spacial score (nSPS) is 9.13. The summed E-state index contributed by atoms with van der Waals surface area (Å²) in [5.74, 6) is 5.78. The number of hydrogen-bond acceptors (Lipinski definition) is 4. The average molecular weight is 226 g/mol. The molecule has 0 saturated heterocycles. The van der Waals surface area contributed by atoms with E-state index in [-0.39, 0.29) is 11.5 Å². The van der Waals surface area contributed by atoms with Gasteiger partial charge in [0.15, 0.2) is 0 Å². The van der Waals surface area contributed by atoms with Crippen LogP contribution >= 0.6 is 11.6 Å². The summed E-state index contributed by atoms with van der Waals surface area (Å²) in [6.45, 7) is 0. The van der Waals surface area contributed by atoms with E-state index in [0.717, 1.165) is 0 Å². The summed E-state index contributed by atoms with van der Waals surface area (Å²) in [5, 5.41) is 10.5. The van der Waals surface area contributed by atoms with Crippen LogP contribution in [0.5, 0.6) is 0 Å². The maximum atomic E-state index is 10.5. The molecule has 78 valence electrons. The fourth-order valence-corrected chi connectivity index (χ4v) is 0.985. The van der Waals surface area contributed by atoms with E-state index in [2.05, 4.69) is 16.8 Å². The Morgan fingerprint density at radius 3 is 3.00 bits per heavy atom. The lowest BCUT2D eigenvalue weighted by molar-refractivity contribution is -0.384. The summed E-state index contributed by atoms with van der Waals surface area (Å²) in [5.41, 5.74) is 5.55.